The van der Waals surface area contributed by atoms with Crippen LogP contribution in [0.25, 0.3) is 0 Å². The lowest BCUT2D eigenvalue weighted by atomic mass is 9.96. The van der Waals surface area contributed by atoms with Crippen molar-refractivity contribution in [2.75, 3.05) is 24.4 Å². The van der Waals surface area contributed by atoms with Crippen molar-refractivity contribution in [2.24, 2.45) is 0 Å². The van der Waals surface area contributed by atoms with Gasteiger partial charge < -0.3 is 25.0 Å². The van der Waals surface area contributed by atoms with E-state index in [-0.39, 0.29) is 17.9 Å². The van der Waals surface area contributed by atoms with Crippen molar-refractivity contribution in [3.63, 3.8) is 0 Å². The summed E-state index contributed by atoms with van der Waals surface area (Å²) in [6.45, 7) is 11.1. The summed E-state index contributed by atoms with van der Waals surface area (Å²) in [7, 11) is 1.58. The lowest BCUT2D eigenvalue weighted by Gasteiger charge is -2.38. The lowest BCUT2D eigenvalue weighted by Crippen LogP contribution is -2.55. The number of carbonyl (C=O) groups excluding carboxylic acids is 3. The number of nitrogens with one attached hydrogen (secondary N) is 2. The second kappa shape index (κ2) is 14.8. The maximum absolute atomic E-state index is 14.3. The molecule has 8 nitrogen and oxygen atoms in total. The van der Waals surface area contributed by atoms with Gasteiger partial charge in [-0.05, 0) is 94.9 Å². The first-order chi connectivity index (χ1) is 18.4. The molecule has 0 spiro atoms. The van der Waals surface area contributed by atoms with E-state index in [1.54, 1.807) is 68.8 Å². The number of methoxy groups -OCH3 is 1. The molecule has 0 heterocycles. The molecule has 0 saturated carbocycles. The molecule has 3 atom stereocenters. The Labute approximate surface area is 237 Å². The van der Waals surface area contributed by atoms with E-state index >= 15 is 0 Å². The first kappa shape index (κ1) is 32.0. The maximum Gasteiger partial charge on any atom is 0.408 e. The molecule has 0 aromatic heterocycles. The molecule has 0 bridgehead atoms. The first-order valence-electron chi connectivity index (χ1n) is 13.2. The molecule has 3 unspecified atom stereocenters. The van der Waals surface area contributed by atoms with E-state index in [4.69, 9.17) is 9.47 Å². The van der Waals surface area contributed by atoms with Gasteiger partial charge in [0.1, 0.15) is 23.4 Å². The van der Waals surface area contributed by atoms with E-state index in [9.17, 15) is 14.4 Å². The minimum absolute atomic E-state index is 0.291. The Hall–Kier alpha value is -3.20. The highest BCUT2D eigenvalue weighted by atomic mass is 32.2. The molecule has 2 aromatic carbocycles. The van der Waals surface area contributed by atoms with Crippen LogP contribution < -0.4 is 15.4 Å². The molecular weight excluding hydrogens is 514 g/mol. The Bertz CT molecular complexity index is 1100. The number of benzene rings is 2. The van der Waals surface area contributed by atoms with Crippen LogP contribution in [0, 0.1) is 6.92 Å². The van der Waals surface area contributed by atoms with E-state index in [0.29, 0.717) is 30.0 Å². The van der Waals surface area contributed by atoms with Crippen LogP contribution in [0.2, 0.25) is 0 Å². The van der Waals surface area contributed by atoms with Gasteiger partial charge in [0.05, 0.1) is 7.11 Å². The number of hydrogen-bond acceptors (Lipinski definition) is 6. The molecule has 0 saturated heterocycles. The van der Waals surface area contributed by atoms with E-state index in [0.717, 1.165) is 11.1 Å². The van der Waals surface area contributed by atoms with Crippen LogP contribution in [0.15, 0.2) is 48.5 Å². The molecule has 3 amide bonds. The van der Waals surface area contributed by atoms with Gasteiger partial charge in [0.15, 0.2) is 0 Å². The third kappa shape index (κ3) is 9.49. The van der Waals surface area contributed by atoms with Crippen molar-refractivity contribution in [3.8, 4) is 5.75 Å². The Morgan fingerprint density at radius 1 is 1.05 bits per heavy atom. The summed E-state index contributed by atoms with van der Waals surface area (Å²) in [6, 6.07) is 12.5. The first-order valence-corrected chi connectivity index (χ1v) is 14.6. The molecule has 0 fully saturated rings. The van der Waals surface area contributed by atoms with Crippen molar-refractivity contribution in [1.29, 1.82) is 0 Å². The topological polar surface area (TPSA) is 97.0 Å². The van der Waals surface area contributed by atoms with Crippen LogP contribution in [-0.4, -0.2) is 59.6 Å². The number of nitrogens with zero attached hydrogens (tertiary/aromatic N) is 1. The van der Waals surface area contributed by atoms with Crippen LogP contribution >= 0.6 is 11.8 Å². The van der Waals surface area contributed by atoms with Crippen molar-refractivity contribution in [3.05, 3.63) is 59.7 Å². The summed E-state index contributed by atoms with van der Waals surface area (Å²) in [6.07, 6.45) is 2.29. The molecule has 0 aliphatic heterocycles. The molecule has 2 rings (SSSR count). The largest absolute Gasteiger partial charge is 0.497 e. The average Bonchev–Trinajstić information content (AvgIpc) is 2.88. The van der Waals surface area contributed by atoms with E-state index in [1.165, 1.54) is 0 Å². The highest BCUT2D eigenvalue weighted by molar-refractivity contribution is 7.98. The molecule has 2 N–H and O–H groups in total. The van der Waals surface area contributed by atoms with Crippen LogP contribution in [0.3, 0.4) is 0 Å². The van der Waals surface area contributed by atoms with Gasteiger partial charge in [-0.1, -0.05) is 31.2 Å². The van der Waals surface area contributed by atoms with E-state index in [2.05, 4.69) is 10.6 Å². The van der Waals surface area contributed by atoms with E-state index < -0.39 is 23.8 Å². The molecule has 214 valence electrons. The quantitative estimate of drug-likeness (QED) is 0.334. The van der Waals surface area contributed by atoms with E-state index in [1.807, 2.05) is 51.3 Å². The van der Waals surface area contributed by atoms with Crippen molar-refractivity contribution in [2.45, 2.75) is 78.1 Å². The Balaban J connectivity index is 2.54. The minimum Gasteiger partial charge on any atom is -0.497 e. The summed E-state index contributed by atoms with van der Waals surface area (Å²) < 4.78 is 10.7. The SMILES string of the molecule is CCC(C)N(C(=O)C(CCSC)NC(=O)OC(C)(C)C)C(C(=O)Nc1ccc(OC)cc1)c1ccccc1C. The molecule has 2 aromatic rings. The van der Waals surface area contributed by atoms with Crippen molar-refractivity contribution >= 4 is 35.4 Å². The summed E-state index contributed by atoms with van der Waals surface area (Å²) in [5.41, 5.74) is 1.48. The third-order valence-electron chi connectivity index (χ3n) is 6.29. The predicted octanol–water partition coefficient (Wildman–Crippen LogP) is 5.96. The summed E-state index contributed by atoms with van der Waals surface area (Å²) >= 11 is 1.58. The second-order valence-corrected chi connectivity index (χ2v) is 11.4. The summed E-state index contributed by atoms with van der Waals surface area (Å²) in [4.78, 5) is 42.6. The normalized spacial score (nSPS) is 13.5. The highest BCUT2D eigenvalue weighted by Crippen LogP contribution is 2.30. The minimum atomic E-state index is -0.923. The fourth-order valence-corrected chi connectivity index (χ4v) is 4.59. The van der Waals surface area contributed by atoms with Crippen molar-refractivity contribution in [1.82, 2.24) is 10.2 Å². The van der Waals surface area contributed by atoms with Gasteiger partial charge in [-0.15, -0.1) is 0 Å². The van der Waals surface area contributed by atoms with Crippen LogP contribution in [-0.2, 0) is 14.3 Å². The van der Waals surface area contributed by atoms with Crippen LogP contribution in [0.4, 0.5) is 10.5 Å². The molecule has 39 heavy (non-hydrogen) atoms. The number of anilines is 1. The number of hydrogen-bond donors (Lipinski definition) is 2. The van der Waals surface area contributed by atoms with Crippen molar-refractivity contribution < 1.29 is 23.9 Å². The zero-order chi connectivity index (χ0) is 29.2. The summed E-state index contributed by atoms with van der Waals surface area (Å²) in [5.74, 6) is 0.643. The summed E-state index contributed by atoms with van der Waals surface area (Å²) in [5, 5.41) is 5.76. The Morgan fingerprint density at radius 3 is 2.23 bits per heavy atom. The fourth-order valence-electron chi connectivity index (χ4n) is 4.11. The van der Waals surface area contributed by atoms with Gasteiger partial charge in [0.25, 0.3) is 5.91 Å². The molecule has 9 heteroatoms. The molecular formula is C30H43N3O5S. The number of aryl methyl sites for hydroxylation is 1. The number of ether oxygens (including phenoxy) is 2. The van der Waals surface area contributed by atoms with Gasteiger partial charge in [-0.3, -0.25) is 9.59 Å². The predicted molar refractivity (Wildman–Crippen MR) is 158 cm³/mol. The Morgan fingerprint density at radius 2 is 1.69 bits per heavy atom. The Kier molecular flexibility index (Phi) is 12.2. The number of carbonyl (C=O) groups is 3. The molecule has 0 aliphatic carbocycles. The van der Waals surface area contributed by atoms with Crippen LogP contribution in [0.5, 0.6) is 5.75 Å². The second-order valence-electron chi connectivity index (χ2n) is 10.5. The van der Waals surface area contributed by atoms with Gasteiger partial charge in [0, 0.05) is 11.7 Å². The highest BCUT2D eigenvalue weighted by Gasteiger charge is 2.39. The number of alkyl carbamates (subject to hydrolysis) is 1. The monoisotopic (exact) mass is 557 g/mol. The average molecular weight is 558 g/mol. The van der Waals surface area contributed by atoms with Gasteiger partial charge >= 0.3 is 6.09 Å². The number of amides is 3. The number of rotatable bonds is 12. The van der Waals surface area contributed by atoms with Gasteiger partial charge in [-0.2, -0.15) is 11.8 Å². The molecule has 0 aliphatic rings. The zero-order valence-corrected chi connectivity index (χ0v) is 25.2. The smallest absolute Gasteiger partial charge is 0.408 e. The number of thioether (sulfide) groups is 1. The van der Waals surface area contributed by atoms with Gasteiger partial charge in [-0.25, -0.2) is 4.79 Å². The third-order valence-corrected chi connectivity index (χ3v) is 6.93. The van der Waals surface area contributed by atoms with Crippen LogP contribution in [0.1, 0.15) is 64.6 Å². The van der Waals surface area contributed by atoms with Gasteiger partial charge in [0.2, 0.25) is 5.91 Å². The lowest BCUT2D eigenvalue weighted by molar-refractivity contribution is -0.143. The zero-order valence-electron chi connectivity index (χ0n) is 24.4. The standard InChI is InChI=1S/C30H43N3O5S/c1-9-21(3)33(28(35)25(18-19-39-8)32-29(36)38-30(4,5)6)26(24-13-11-10-12-20(24)2)27(34)31-22-14-16-23(37-7)17-15-22/h10-17,21,25-26H,9,18-19H2,1-8H3,(H,31,34)(H,32,36). The molecule has 0 radical (unpaired) electrons. The maximum atomic E-state index is 14.3. The fraction of sp³-hybridized carbons (Fsp3) is 0.500.